The van der Waals surface area contributed by atoms with Crippen molar-refractivity contribution in [2.45, 2.75) is 6.92 Å². The Bertz CT molecular complexity index is 599. The predicted octanol–water partition coefficient (Wildman–Crippen LogP) is 3.96. The molecule has 0 aromatic heterocycles. The molecule has 2 amide bonds. The number of nitrogens with one attached hydrogen (secondary N) is 2. The maximum absolute atomic E-state index is 11.7. The summed E-state index contributed by atoms with van der Waals surface area (Å²) in [5.41, 5.74) is 1.84. The van der Waals surface area contributed by atoms with Crippen LogP contribution < -0.4 is 15.4 Å². The smallest absolute Gasteiger partial charge is 0.319 e. The van der Waals surface area contributed by atoms with Crippen LogP contribution >= 0.6 is 15.9 Å². The summed E-state index contributed by atoms with van der Waals surface area (Å²) in [5.74, 6) is 0.777. The molecule has 0 aliphatic heterocycles. The molecule has 0 bridgehead atoms. The second-order valence-corrected chi connectivity index (χ2v) is 5.41. The first-order chi connectivity index (χ1) is 10.1. The molecule has 0 saturated heterocycles. The molecule has 21 heavy (non-hydrogen) atoms. The molecule has 0 heterocycles. The molecule has 2 aromatic rings. The van der Waals surface area contributed by atoms with Crippen molar-refractivity contribution in [2.24, 2.45) is 0 Å². The number of urea groups is 1. The van der Waals surface area contributed by atoms with Gasteiger partial charge in [-0.05, 0) is 42.8 Å². The molecule has 2 aromatic carbocycles. The molecule has 0 fully saturated rings. The molecule has 0 atom stereocenters. The molecule has 0 spiro atoms. The van der Waals surface area contributed by atoms with E-state index in [2.05, 4.69) is 26.6 Å². The molecule has 0 radical (unpaired) electrons. The van der Waals surface area contributed by atoms with Crippen molar-refractivity contribution in [3.8, 4) is 5.75 Å². The van der Waals surface area contributed by atoms with Crippen LogP contribution in [0.5, 0.6) is 5.75 Å². The molecule has 0 aliphatic rings. The molecular weight excluding hydrogens is 332 g/mol. The van der Waals surface area contributed by atoms with Crippen LogP contribution in [0.4, 0.5) is 10.5 Å². The van der Waals surface area contributed by atoms with E-state index in [1.807, 2.05) is 55.5 Å². The zero-order valence-corrected chi connectivity index (χ0v) is 13.3. The van der Waals surface area contributed by atoms with Gasteiger partial charge < -0.3 is 15.4 Å². The highest BCUT2D eigenvalue weighted by Crippen LogP contribution is 2.15. The van der Waals surface area contributed by atoms with Crippen LogP contribution in [0.2, 0.25) is 0 Å². The van der Waals surface area contributed by atoms with E-state index in [1.54, 1.807) is 0 Å². The SMILES string of the molecule is Cc1ccccc1NC(=O)NCCOc1ccc(Br)cc1. The number of carbonyl (C=O) groups excluding carboxylic acids is 1. The van der Waals surface area contributed by atoms with Gasteiger partial charge in [0.25, 0.3) is 0 Å². The van der Waals surface area contributed by atoms with E-state index in [4.69, 9.17) is 4.74 Å². The van der Waals surface area contributed by atoms with E-state index in [9.17, 15) is 4.79 Å². The van der Waals surface area contributed by atoms with Crippen molar-refractivity contribution in [1.29, 1.82) is 0 Å². The van der Waals surface area contributed by atoms with E-state index >= 15 is 0 Å². The number of ether oxygens (including phenoxy) is 1. The summed E-state index contributed by atoms with van der Waals surface area (Å²) in [7, 11) is 0. The Labute approximate surface area is 132 Å². The fraction of sp³-hybridized carbons (Fsp3) is 0.188. The van der Waals surface area contributed by atoms with E-state index in [1.165, 1.54) is 0 Å². The number of rotatable bonds is 5. The van der Waals surface area contributed by atoms with E-state index < -0.39 is 0 Å². The maximum Gasteiger partial charge on any atom is 0.319 e. The Hall–Kier alpha value is -2.01. The summed E-state index contributed by atoms with van der Waals surface area (Å²) >= 11 is 3.36. The second-order valence-electron chi connectivity index (χ2n) is 4.50. The van der Waals surface area contributed by atoms with Crippen LogP contribution in [0.1, 0.15) is 5.56 Å². The minimum atomic E-state index is -0.233. The van der Waals surface area contributed by atoms with Crippen LogP contribution in [-0.4, -0.2) is 19.2 Å². The van der Waals surface area contributed by atoms with Crippen molar-refractivity contribution in [3.05, 3.63) is 58.6 Å². The number of benzene rings is 2. The monoisotopic (exact) mass is 348 g/mol. The third-order valence-electron chi connectivity index (χ3n) is 2.86. The molecule has 2 rings (SSSR count). The van der Waals surface area contributed by atoms with E-state index in [-0.39, 0.29) is 6.03 Å². The summed E-state index contributed by atoms with van der Waals surface area (Å²) in [5, 5.41) is 5.56. The van der Waals surface area contributed by atoms with Gasteiger partial charge >= 0.3 is 6.03 Å². The standard InChI is InChI=1S/C16H17BrN2O2/c1-12-4-2-3-5-15(12)19-16(20)18-10-11-21-14-8-6-13(17)7-9-14/h2-9H,10-11H2,1H3,(H2,18,19,20). The van der Waals surface area contributed by atoms with Crippen LogP contribution in [0, 0.1) is 6.92 Å². The summed E-state index contributed by atoms with van der Waals surface area (Å²) in [6, 6.07) is 15.0. The Morgan fingerprint density at radius 2 is 1.86 bits per heavy atom. The van der Waals surface area contributed by atoms with Gasteiger partial charge in [-0.2, -0.15) is 0 Å². The van der Waals surface area contributed by atoms with Gasteiger partial charge in [-0.25, -0.2) is 4.79 Å². The van der Waals surface area contributed by atoms with Gasteiger partial charge in [0.2, 0.25) is 0 Å². The Balaban J connectivity index is 1.70. The van der Waals surface area contributed by atoms with Gasteiger partial charge in [-0.15, -0.1) is 0 Å². The van der Waals surface area contributed by atoms with Gasteiger partial charge in [-0.1, -0.05) is 34.1 Å². The molecule has 4 nitrogen and oxygen atoms in total. The minimum absolute atomic E-state index is 0.233. The molecule has 0 unspecified atom stereocenters. The number of para-hydroxylation sites is 1. The maximum atomic E-state index is 11.7. The van der Waals surface area contributed by atoms with Gasteiger partial charge in [0.15, 0.2) is 0 Å². The first kappa shape index (κ1) is 15.4. The summed E-state index contributed by atoms with van der Waals surface area (Å²) in [6.45, 7) is 2.81. The fourth-order valence-corrected chi connectivity index (χ4v) is 2.01. The van der Waals surface area contributed by atoms with Crippen molar-refractivity contribution in [2.75, 3.05) is 18.5 Å². The first-order valence-corrected chi connectivity index (χ1v) is 7.43. The molecule has 0 aliphatic carbocycles. The fourth-order valence-electron chi connectivity index (χ4n) is 1.74. The minimum Gasteiger partial charge on any atom is -0.492 e. The Morgan fingerprint density at radius 1 is 1.14 bits per heavy atom. The average molecular weight is 349 g/mol. The van der Waals surface area contributed by atoms with Crippen molar-refractivity contribution < 1.29 is 9.53 Å². The van der Waals surface area contributed by atoms with Crippen molar-refractivity contribution in [1.82, 2.24) is 5.32 Å². The van der Waals surface area contributed by atoms with Crippen LogP contribution in [0.15, 0.2) is 53.0 Å². The molecule has 0 saturated carbocycles. The van der Waals surface area contributed by atoms with Gasteiger partial charge in [0.1, 0.15) is 12.4 Å². The average Bonchev–Trinajstić information content (AvgIpc) is 2.48. The normalized spacial score (nSPS) is 10.0. The van der Waals surface area contributed by atoms with Crippen molar-refractivity contribution in [3.63, 3.8) is 0 Å². The lowest BCUT2D eigenvalue weighted by molar-refractivity contribution is 0.247. The van der Waals surface area contributed by atoms with Crippen LogP contribution in [0.25, 0.3) is 0 Å². The number of carbonyl (C=O) groups is 1. The van der Waals surface area contributed by atoms with E-state index in [0.717, 1.165) is 21.5 Å². The van der Waals surface area contributed by atoms with Gasteiger partial charge in [0, 0.05) is 10.2 Å². The third-order valence-corrected chi connectivity index (χ3v) is 3.39. The largest absolute Gasteiger partial charge is 0.492 e. The number of hydrogen-bond donors (Lipinski definition) is 2. The highest BCUT2D eigenvalue weighted by Gasteiger charge is 2.03. The zero-order valence-electron chi connectivity index (χ0n) is 11.7. The Morgan fingerprint density at radius 3 is 2.57 bits per heavy atom. The van der Waals surface area contributed by atoms with Crippen LogP contribution in [-0.2, 0) is 0 Å². The van der Waals surface area contributed by atoms with E-state index in [0.29, 0.717) is 13.2 Å². The molecular formula is C16H17BrN2O2. The molecule has 2 N–H and O–H groups in total. The summed E-state index contributed by atoms with van der Waals surface area (Å²) in [6.07, 6.45) is 0. The van der Waals surface area contributed by atoms with Gasteiger partial charge in [0.05, 0.1) is 6.54 Å². The number of hydrogen-bond acceptors (Lipinski definition) is 2. The van der Waals surface area contributed by atoms with Crippen LogP contribution in [0.3, 0.4) is 0 Å². The molecule has 110 valence electrons. The third kappa shape index (κ3) is 5.11. The highest BCUT2D eigenvalue weighted by molar-refractivity contribution is 9.10. The number of halogens is 1. The summed E-state index contributed by atoms with van der Waals surface area (Å²) < 4.78 is 6.53. The lowest BCUT2D eigenvalue weighted by Crippen LogP contribution is -2.32. The lowest BCUT2D eigenvalue weighted by atomic mass is 10.2. The van der Waals surface area contributed by atoms with Crippen molar-refractivity contribution >= 4 is 27.6 Å². The quantitative estimate of drug-likeness (QED) is 0.803. The van der Waals surface area contributed by atoms with Gasteiger partial charge in [-0.3, -0.25) is 0 Å². The number of amides is 2. The molecule has 5 heteroatoms. The predicted molar refractivity (Wildman–Crippen MR) is 87.8 cm³/mol. The Kier molecular flexibility index (Phi) is 5.63. The second kappa shape index (κ2) is 7.69. The highest BCUT2D eigenvalue weighted by atomic mass is 79.9. The topological polar surface area (TPSA) is 50.4 Å². The zero-order chi connectivity index (χ0) is 15.1. The lowest BCUT2D eigenvalue weighted by Gasteiger charge is -2.10. The number of aryl methyl sites for hydroxylation is 1. The summed E-state index contributed by atoms with van der Waals surface area (Å²) in [4.78, 5) is 11.7. The number of anilines is 1. The first-order valence-electron chi connectivity index (χ1n) is 6.64.